The number of hydrogen-bond donors (Lipinski definition) is 1. The van der Waals surface area contributed by atoms with Crippen LogP contribution >= 0.6 is 0 Å². The highest BCUT2D eigenvalue weighted by molar-refractivity contribution is 6.12. The molecule has 98 valence electrons. The van der Waals surface area contributed by atoms with E-state index in [2.05, 4.69) is 10.5 Å². The van der Waals surface area contributed by atoms with Crippen LogP contribution in [0.25, 0.3) is 0 Å². The number of hydrogen-bond acceptors (Lipinski definition) is 3. The molecule has 0 bridgehead atoms. The van der Waals surface area contributed by atoms with Crippen molar-refractivity contribution in [3.8, 4) is 0 Å². The number of anilines is 1. The van der Waals surface area contributed by atoms with Gasteiger partial charge in [-0.2, -0.15) is 0 Å². The fourth-order valence-electron chi connectivity index (χ4n) is 2.77. The number of para-hydroxylation sites is 1. The minimum absolute atomic E-state index is 0.145. The van der Waals surface area contributed by atoms with E-state index in [1.807, 2.05) is 54.6 Å². The summed E-state index contributed by atoms with van der Waals surface area (Å²) in [6.45, 7) is 0. The number of amides is 1. The molecule has 20 heavy (non-hydrogen) atoms. The van der Waals surface area contributed by atoms with Crippen molar-refractivity contribution in [1.29, 1.82) is 0 Å². The van der Waals surface area contributed by atoms with Gasteiger partial charge in [0.1, 0.15) is 0 Å². The van der Waals surface area contributed by atoms with Crippen LogP contribution in [0.3, 0.4) is 0 Å². The lowest BCUT2D eigenvalue weighted by atomic mass is 9.88. The fourth-order valence-corrected chi connectivity index (χ4v) is 2.77. The van der Waals surface area contributed by atoms with Crippen LogP contribution in [0.5, 0.6) is 0 Å². The van der Waals surface area contributed by atoms with Gasteiger partial charge < -0.3 is 10.2 Å². The van der Waals surface area contributed by atoms with Crippen molar-refractivity contribution in [3.63, 3.8) is 0 Å². The Bertz CT molecular complexity index is 724. The second-order valence-electron chi connectivity index (χ2n) is 5.00. The Morgan fingerprint density at radius 2 is 1.80 bits per heavy atom. The molecule has 1 atom stereocenters. The summed E-state index contributed by atoms with van der Waals surface area (Å²) in [6, 6.07) is 17.4. The molecular weight excluding hydrogens is 252 g/mol. The summed E-state index contributed by atoms with van der Waals surface area (Å²) in [5.41, 5.74) is 2.46. The largest absolute Gasteiger partial charge is 0.373 e. The molecule has 0 aromatic heterocycles. The molecule has 4 rings (SSSR count). The predicted octanol–water partition coefficient (Wildman–Crippen LogP) is 2.66. The maximum absolute atomic E-state index is 12.3. The third-order valence-electron chi connectivity index (χ3n) is 3.81. The van der Waals surface area contributed by atoms with Crippen LogP contribution < -0.4 is 5.32 Å². The number of oxime groups is 1. The summed E-state index contributed by atoms with van der Waals surface area (Å²) in [5.74, 6) is -0.145. The number of carbonyl (C=O) groups excluding carboxylic acids is 1. The zero-order chi connectivity index (χ0) is 13.6. The molecule has 2 heterocycles. The predicted molar refractivity (Wildman–Crippen MR) is 75.4 cm³/mol. The standard InChI is InChI=1S/C16H12N2O2/c19-15-16(12-8-4-5-9-13(12)17-15)10-14(18-20-16)11-6-2-1-3-7-11/h1-9H,10H2,(H,17,19)/t16-/m0/s1. The number of carbonyl (C=O) groups is 1. The Morgan fingerprint density at radius 1 is 1.05 bits per heavy atom. The van der Waals surface area contributed by atoms with E-state index in [0.717, 1.165) is 22.5 Å². The van der Waals surface area contributed by atoms with Crippen LogP contribution in [0.1, 0.15) is 17.5 Å². The number of nitrogens with one attached hydrogen (secondary N) is 1. The van der Waals surface area contributed by atoms with Crippen LogP contribution in [0.15, 0.2) is 59.8 Å². The minimum atomic E-state index is -0.998. The molecular formula is C16H12N2O2. The van der Waals surface area contributed by atoms with E-state index in [-0.39, 0.29) is 5.91 Å². The highest BCUT2D eigenvalue weighted by Gasteiger charge is 2.53. The van der Waals surface area contributed by atoms with Gasteiger partial charge in [0.15, 0.2) is 0 Å². The molecule has 0 saturated heterocycles. The second-order valence-corrected chi connectivity index (χ2v) is 5.00. The van der Waals surface area contributed by atoms with Crippen molar-refractivity contribution < 1.29 is 9.63 Å². The average molecular weight is 264 g/mol. The van der Waals surface area contributed by atoms with E-state index in [4.69, 9.17) is 4.84 Å². The molecule has 4 nitrogen and oxygen atoms in total. The van der Waals surface area contributed by atoms with Gasteiger partial charge in [-0.05, 0) is 11.6 Å². The molecule has 0 fully saturated rings. The molecule has 0 aliphatic carbocycles. The first kappa shape index (κ1) is 11.2. The van der Waals surface area contributed by atoms with Gasteiger partial charge in [0.2, 0.25) is 5.60 Å². The smallest absolute Gasteiger partial charge is 0.276 e. The van der Waals surface area contributed by atoms with Gasteiger partial charge in [0.05, 0.1) is 12.1 Å². The molecule has 2 aliphatic heterocycles. The number of benzene rings is 2. The Hall–Kier alpha value is -2.62. The first-order valence-corrected chi connectivity index (χ1v) is 6.51. The maximum atomic E-state index is 12.3. The summed E-state index contributed by atoms with van der Waals surface area (Å²) in [4.78, 5) is 17.9. The summed E-state index contributed by atoms with van der Waals surface area (Å²) in [6.07, 6.45) is 0.458. The van der Waals surface area contributed by atoms with Gasteiger partial charge in [-0.3, -0.25) is 4.79 Å². The van der Waals surface area contributed by atoms with E-state index >= 15 is 0 Å². The minimum Gasteiger partial charge on any atom is -0.373 e. The van der Waals surface area contributed by atoms with Crippen molar-refractivity contribution >= 4 is 17.3 Å². The Kier molecular flexibility index (Phi) is 2.21. The van der Waals surface area contributed by atoms with Crippen LogP contribution in [0.2, 0.25) is 0 Å². The summed E-state index contributed by atoms with van der Waals surface area (Å²) in [5, 5.41) is 7.01. The SMILES string of the molecule is O=C1Nc2ccccc2[C@@]12CC(c1ccccc1)=NO2. The van der Waals surface area contributed by atoms with Gasteiger partial charge in [-0.1, -0.05) is 53.7 Å². The molecule has 1 amide bonds. The van der Waals surface area contributed by atoms with E-state index in [1.165, 1.54) is 0 Å². The van der Waals surface area contributed by atoms with Gasteiger partial charge in [-0.15, -0.1) is 0 Å². The van der Waals surface area contributed by atoms with Gasteiger partial charge >= 0.3 is 0 Å². The fraction of sp³-hybridized carbons (Fsp3) is 0.125. The Labute approximate surface area is 116 Å². The lowest BCUT2D eigenvalue weighted by molar-refractivity contribution is -0.137. The van der Waals surface area contributed by atoms with Crippen molar-refractivity contribution in [2.45, 2.75) is 12.0 Å². The van der Waals surface area contributed by atoms with Crippen LogP contribution in [-0.4, -0.2) is 11.6 Å². The summed E-state index contributed by atoms with van der Waals surface area (Å²) >= 11 is 0. The number of rotatable bonds is 1. The van der Waals surface area contributed by atoms with Crippen molar-refractivity contribution in [1.82, 2.24) is 0 Å². The zero-order valence-electron chi connectivity index (χ0n) is 10.7. The molecule has 2 aromatic rings. The molecule has 1 spiro atoms. The highest BCUT2D eigenvalue weighted by atomic mass is 16.7. The Balaban J connectivity index is 1.74. The average Bonchev–Trinajstić information content (AvgIpc) is 3.05. The van der Waals surface area contributed by atoms with E-state index in [1.54, 1.807) is 0 Å². The molecule has 0 radical (unpaired) electrons. The molecule has 0 saturated carbocycles. The highest BCUT2D eigenvalue weighted by Crippen LogP contribution is 2.44. The van der Waals surface area contributed by atoms with Crippen molar-refractivity contribution in [3.05, 3.63) is 65.7 Å². The molecule has 4 heteroatoms. The third-order valence-corrected chi connectivity index (χ3v) is 3.81. The molecule has 0 unspecified atom stereocenters. The maximum Gasteiger partial charge on any atom is 0.276 e. The van der Waals surface area contributed by atoms with E-state index in [9.17, 15) is 4.79 Å². The zero-order valence-corrected chi connectivity index (χ0v) is 10.7. The quantitative estimate of drug-likeness (QED) is 0.860. The number of nitrogens with zero attached hydrogens (tertiary/aromatic N) is 1. The molecule has 2 aromatic carbocycles. The normalized spacial score (nSPS) is 23.2. The Morgan fingerprint density at radius 3 is 2.65 bits per heavy atom. The second kappa shape index (κ2) is 3.93. The van der Waals surface area contributed by atoms with E-state index < -0.39 is 5.60 Å². The monoisotopic (exact) mass is 264 g/mol. The molecule has 1 N–H and O–H groups in total. The summed E-state index contributed by atoms with van der Waals surface area (Å²) < 4.78 is 0. The first-order chi connectivity index (χ1) is 9.79. The van der Waals surface area contributed by atoms with Crippen molar-refractivity contribution in [2.24, 2.45) is 5.16 Å². The first-order valence-electron chi connectivity index (χ1n) is 6.51. The van der Waals surface area contributed by atoms with Gasteiger partial charge in [-0.25, -0.2) is 0 Å². The third kappa shape index (κ3) is 1.42. The van der Waals surface area contributed by atoms with Gasteiger partial charge in [0.25, 0.3) is 5.91 Å². The van der Waals surface area contributed by atoms with E-state index in [0.29, 0.717) is 6.42 Å². The summed E-state index contributed by atoms with van der Waals surface area (Å²) in [7, 11) is 0. The lowest BCUT2D eigenvalue weighted by Crippen LogP contribution is -2.34. The van der Waals surface area contributed by atoms with Crippen LogP contribution in [0.4, 0.5) is 5.69 Å². The number of fused-ring (bicyclic) bond motifs is 2. The van der Waals surface area contributed by atoms with Crippen LogP contribution in [-0.2, 0) is 15.2 Å². The van der Waals surface area contributed by atoms with Gasteiger partial charge in [0, 0.05) is 11.3 Å². The lowest BCUT2D eigenvalue weighted by Gasteiger charge is -2.18. The molecule has 2 aliphatic rings. The van der Waals surface area contributed by atoms with Crippen molar-refractivity contribution in [2.75, 3.05) is 5.32 Å². The topological polar surface area (TPSA) is 50.7 Å². The van der Waals surface area contributed by atoms with Crippen LogP contribution in [0, 0.1) is 0 Å².